The molecule has 0 heterocycles. The molecule has 3 aromatic carbocycles. The van der Waals surface area contributed by atoms with Crippen LogP contribution < -0.4 is 0 Å². The van der Waals surface area contributed by atoms with E-state index in [0.717, 1.165) is 0 Å². The van der Waals surface area contributed by atoms with Gasteiger partial charge in [0, 0.05) is 5.02 Å². The van der Waals surface area contributed by atoms with Gasteiger partial charge < -0.3 is 0 Å². The lowest BCUT2D eigenvalue weighted by Crippen LogP contribution is -1.66. The van der Waals surface area contributed by atoms with Gasteiger partial charge in [0.15, 0.2) is 0 Å². The molecule has 0 fully saturated rings. The first-order valence-electron chi connectivity index (χ1n) is 6.72. The Labute approximate surface area is 147 Å². The van der Waals surface area contributed by atoms with Gasteiger partial charge in [-0.1, -0.05) is 107 Å². The highest BCUT2D eigenvalue weighted by Crippen LogP contribution is 2.24. The number of hydrogen-bond acceptors (Lipinski definition) is 0. The molecular weight excluding hydrogens is 335 g/mol. The van der Waals surface area contributed by atoms with E-state index in [4.69, 9.17) is 34.8 Å². The van der Waals surface area contributed by atoms with Crippen LogP contribution in [0.3, 0.4) is 0 Å². The summed E-state index contributed by atoms with van der Waals surface area (Å²) in [5.41, 5.74) is 1.32. The lowest BCUT2D eigenvalue weighted by atomic mass is 10.2. The summed E-state index contributed by atoms with van der Waals surface area (Å²) in [5.74, 6) is 0. The second-order valence-electron chi connectivity index (χ2n) is 4.37. The molecule has 0 nitrogen and oxygen atoms in total. The Balaban J connectivity index is 0.000000169. The molecule has 0 atom stereocenters. The maximum atomic E-state index is 5.60. The van der Waals surface area contributed by atoms with Crippen LogP contribution in [0.1, 0.15) is 5.56 Å². The fourth-order valence-electron chi connectivity index (χ4n) is 1.39. The highest BCUT2D eigenvalue weighted by molar-refractivity contribution is 6.43. The summed E-state index contributed by atoms with van der Waals surface area (Å²) in [4.78, 5) is 0. The third-order valence-corrected chi connectivity index (χ3v) is 3.46. The van der Waals surface area contributed by atoms with Crippen LogP contribution in [0.25, 0.3) is 0 Å². The number of halogens is 3. The second kappa shape index (κ2) is 11.1. The Bertz CT molecular complexity index is 611. The van der Waals surface area contributed by atoms with Crippen LogP contribution in [0, 0.1) is 6.92 Å². The largest absolute Gasteiger partial charge is 0.0843 e. The van der Waals surface area contributed by atoms with Crippen molar-refractivity contribution in [2.45, 2.75) is 6.92 Å². The molecule has 0 aliphatic heterocycles. The van der Waals surface area contributed by atoms with E-state index in [-0.39, 0.29) is 0 Å². The summed E-state index contributed by atoms with van der Waals surface area (Å²) in [6.07, 6.45) is 0. The van der Waals surface area contributed by atoms with Gasteiger partial charge in [-0.25, -0.2) is 0 Å². The van der Waals surface area contributed by atoms with Gasteiger partial charge in [0.25, 0.3) is 0 Å². The zero-order valence-electron chi connectivity index (χ0n) is 12.2. The van der Waals surface area contributed by atoms with E-state index in [0.29, 0.717) is 15.1 Å². The van der Waals surface area contributed by atoms with E-state index in [9.17, 15) is 0 Å². The average Bonchev–Trinajstić information content (AvgIpc) is 2.55. The van der Waals surface area contributed by atoms with Crippen molar-refractivity contribution >= 4 is 34.8 Å². The zero-order valence-corrected chi connectivity index (χ0v) is 14.5. The molecule has 0 aromatic heterocycles. The maximum Gasteiger partial charge on any atom is 0.0607 e. The van der Waals surface area contributed by atoms with Gasteiger partial charge in [0.1, 0.15) is 0 Å². The standard InChI is InChI=1S/C7H8.C6H3Cl3.C6H6/c1-7-5-3-2-4-6-7;7-4-1-2-5(8)6(9)3-4;1-2-4-6-5-3-1/h2-6H,1H3;1-3H;1-6H. The summed E-state index contributed by atoms with van der Waals surface area (Å²) in [7, 11) is 0. The lowest BCUT2D eigenvalue weighted by molar-refractivity contribution is 1.48. The quantitative estimate of drug-likeness (QED) is 0.372. The van der Waals surface area contributed by atoms with Gasteiger partial charge in [-0.3, -0.25) is 0 Å². The Morgan fingerprint density at radius 1 is 0.545 bits per heavy atom. The number of aryl methyl sites for hydroxylation is 1. The Hall–Kier alpha value is -1.47. The molecule has 0 amide bonds. The first-order chi connectivity index (χ1) is 10.6. The van der Waals surface area contributed by atoms with Gasteiger partial charge in [-0.2, -0.15) is 0 Å². The van der Waals surface area contributed by atoms with Gasteiger partial charge in [-0.05, 0) is 25.1 Å². The molecule has 0 unspecified atom stereocenters. The van der Waals surface area contributed by atoms with Crippen molar-refractivity contribution in [3.8, 4) is 0 Å². The second-order valence-corrected chi connectivity index (χ2v) is 5.62. The molecule has 22 heavy (non-hydrogen) atoms. The van der Waals surface area contributed by atoms with Crippen LogP contribution in [0.15, 0.2) is 84.9 Å². The average molecular weight is 352 g/mol. The molecular formula is C19H17Cl3. The number of rotatable bonds is 0. The Morgan fingerprint density at radius 2 is 1.00 bits per heavy atom. The zero-order chi connectivity index (χ0) is 16.2. The molecule has 0 saturated carbocycles. The fourth-order valence-corrected chi connectivity index (χ4v) is 1.92. The normalized spacial score (nSPS) is 8.91. The van der Waals surface area contributed by atoms with Gasteiger partial charge in [0.2, 0.25) is 0 Å². The Kier molecular flexibility index (Phi) is 9.41. The maximum absolute atomic E-state index is 5.60. The minimum absolute atomic E-state index is 0.490. The van der Waals surface area contributed by atoms with E-state index < -0.39 is 0 Å². The third-order valence-electron chi connectivity index (χ3n) is 2.49. The fraction of sp³-hybridized carbons (Fsp3) is 0.0526. The SMILES string of the molecule is Cc1ccccc1.Clc1ccc(Cl)c(Cl)c1.c1ccccc1. The molecule has 0 bridgehead atoms. The van der Waals surface area contributed by atoms with Gasteiger partial charge in [-0.15, -0.1) is 0 Å². The first-order valence-corrected chi connectivity index (χ1v) is 7.85. The van der Waals surface area contributed by atoms with Crippen molar-refractivity contribution in [1.29, 1.82) is 0 Å². The van der Waals surface area contributed by atoms with E-state index in [1.54, 1.807) is 18.2 Å². The van der Waals surface area contributed by atoms with E-state index in [2.05, 4.69) is 19.1 Å². The molecule has 0 saturated heterocycles. The number of benzene rings is 3. The summed E-state index contributed by atoms with van der Waals surface area (Å²) in [5, 5.41) is 1.62. The van der Waals surface area contributed by atoms with Crippen molar-refractivity contribution in [1.82, 2.24) is 0 Å². The smallest absolute Gasteiger partial charge is 0.0607 e. The van der Waals surface area contributed by atoms with Gasteiger partial charge >= 0.3 is 0 Å². The van der Waals surface area contributed by atoms with E-state index in [1.807, 2.05) is 54.6 Å². The third kappa shape index (κ3) is 8.74. The van der Waals surface area contributed by atoms with E-state index in [1.165, 1.54) is 5.56 Å². The van der Waals surface area contributed by atoms with Crippen molar-refractivity contribution < 1.29 is 0 Å². The molecule has 0 spiro atoms. The van der Waals surface area contributed by atoms with Crippen LogP contribution in [0.5, 0.6) is 0 Å². The predicted molar refractivity (Wildman–Crippen MR) is 99.1 cm³/mol. The minimum Gasteiger partial charge on any atom is -0.0843 e. The molecule has 0 aliphatic rings. The van der Waals surface area contributed by atoms with Crippen LogP contribution in [-0.2, 0) is 0 Å². The van der Waals surface area contributed by atoms with Crippen LogP contribution in [-0.4, -0.2) is 0 Å². The molecule has 114 valence electrons. The number of hydrogen-bond donors (Lipinski definition) is 0. The lowest BCUT2D eigenvalue weighted by Gasteiger charge is -1.92. The minimum atomic E-state index is 0.490. The summed E-state index contributed by atoms with van der Waals surface area (Å²) in [6.45, 7) is 2.08. The highest BCUT2D eigenvalue weighted by atomic mass is 35.5. The molecule has 3 aromatic rings. The van der Waals surface area contributed by atoms with Crippen molar-refractivity contribution in [2.75, 3.05) is 0 Å². The predicted octanol–water partition coefficient (Wildman–Crippen LogP) is 7.33. The van der Waals surface area contributed by atoms with Crippen molar-refractivity contribution in [3.63, 3.8) is 0 Å². The topological polar surface area (TPSA) is 0 Å². The molecule has 0 aliphatic carbocycles. The van der Waals surface area contributed by atoms with E-state index >= 15 is 0 Å². The van der Waals surface area contributed by atoms with Crippen LogP contribution in [0.2, 0.25) is 15.1 Å². The molecule has 3 heteroatoms. The van der Waals surface area contributed by atoms with Crippen molar-refractivity contribution in [3.05, 3.63) is 106 Å². The van der Waals surface area contributed by atoms with Crippen LogP contribution >= 0.6 is 34.8 Å². The Morgan fingerprint density at radius 3 is 1.32 bits per heavy atom. The van der Waals surface area contributed by atoms with Gasteiger partial charge in [0.05, 0.1) is 10.0 Å². The highest BCUT2D eigenvalue weighted by Gasteiger charge is 1.94. The summed E-state index contributed by atoms with van der Waals surface area (Å²) in [6, 6.07) is 27.2. The monoisotopic (exact) mass is 350 g/mol. The molecule has 0 radical (unpaired) electrons. The molecule has 3 rings (SSSR count). The molecule has 0 N–H and O–H groups in total. The summed E-state index contributed by atoms with van der Waals surface area (Å²) >= 11 is 16.8. The first kappa shape index (κ1) is 18.6. The summed E-state index contributed by atoms with van der Waals surface area (Å²) < 4.78 is 0. The van der Waals surface area contributed by atoms with Crippen LogP contribution in [0.4, 0.5) is 0 Å². The van der Waals surface area contributed by atoms with Crippen molar-refractivity contribution in [2.24, 2.45) is 0 Å².